The van der Waals surface area contributed by atoms with Crippen LogP contribution in [0.15, 0.2) is 35.1 Å². The first-order valence-corrected chi connectivity index (χ1v) is 9.49. The zero-order chi connectivity index (χ0) is 17.3. The first-order valence-electron chi connectivity index (χ1n) is 7.60. The van der Waals surface area contributed by atoms with Gasteiger partial charge in [0.25, 0.3) is 5.56 Å². The minimum Gasteiger partial charge on any atom is -0.497 e. The Hall–Kier alpha value is -2.35. The number of methoxy groups -OCH3 is 1. The number of benzene rings is 1. The summed E-state index contributed by atoms with van der Waals surface area (Å²) >= 11 is 0. The minimum atomic E-state index is -3.55. The molecule has 3 rings (SSSR count). The highest BCUT2D eigenvalue weighted by atomic mass is 32.2. The van der Waals surface area contributed by atoms with Crippen LogP contribution in [0.4, 0.5) is 5.69 Å². The third-order valence-corrected chi connectivity index (χ3v) is 4.37. The highest BCUT2D eigenvalue weighted by molar-refractivity contribution is 7.92. The van der Waals surface area contributed by atoms with Gasteiger partial charge < -0.3 is 4.74 Å². The van der Waals surface area contributed by atoms with Crippen molar-refractivity contribution in [2.45, 2.75) is 19.4 Å². The number of anilines is 1. The number of nitrogens with zero attached hydrogens (tertiary/aromatic N) is 2. The van der Waals surface area contributed by atoms with E-state index in [0.717, 1.165) is 24.7 Å². The van der Waals surface area contributed by atoms with Gasteiger partial charge in [0.2, 0.25) is 10.0 Å². The molecule has 24 heavy (non-hydrogen) atoms. The molecule has 1 aromatic carbocycles. The average molecular weight is 349 g/mol. The molecule has 0 atom stereocenters. The number of hydrogen-bond donors (Lipinski definition) is 1. The van der Waals surface area contributed by atoms with Gasteiger partial charge in [-0.2, -0.15) is 5.10 Å². The van der Waals surface area contributed by atoms with E-state index in [1.165, 1.54) is 10.7 Å². The highest BCUT2D eigenvalue weighted by Gasteiger charge is 2.24. The number of rotatable bonds is 6. The molecule has 0 amide bonds. The molecule has 1 fully saturated rings. The van der Waals surface area contributed by atoms with Gasteiger partial charge in [-0.15, -0.1) is 0 Å². The third kappa shape index (κ3) is 3.94. The Bertz CT molecular complexity index is 900. The summed E-state index contributed by atoms with van der Waals surface area (Å²) in [5.74, 6) is 1.15. The fraction of sp³-hybridized carbons (Fsp3) is 0.375. The zero-order valence-corrected chi connectivity index (χ0v) is 14.3. The molecule has 128 valence electrons. The first-order chi connectivity index (χ1) is 11.4. The molecule has 0 saturated heterocycles. The Morgan fingerprint density at radius 2 is 1.96 bits per heavy atom. The molecule has 1 N–H and O–H groups in total. The molecule has 0 aliphatic heterocycles. The number of nitrogens with one attached hydrogen (secondary N) is 1. The van der Waals surface area contributed by atoms with Crippen LogP contribution >= 0.6 is 0 Å². The normalized spacial score (nSPS) is 14.4. The summed E-state index contributed by atoms with van der Waals surface area (Å²) in [6, 6.07) is 8.68. The van der Waals surface area contributed by atoms with Crippen molar-refractivity contribution < 1.29 is 13.2 Å². The second kappa shape index (κ2) is 6.27. The Kier molecular flexibility index (Phi) is 4.31. The maximum Gasteiger partial charge on any atom is 0.291 e. The lowest BCUT2D eigenvalue weighted by molar-refractivity contribution is 0.415. The van der Waals surface area contributed by atoms with E-state index in [9.17, 15) is 13.2 Å². The van der Waals surface area contributed by atoms with Crippen LogP contribution in [0.2, 0.25) is 0 Å². The van der Waals surface area contributed by atoms with Crippen LogP contribution in [0.5, 0.6) is 5.75 Å². The molecular formula is C16H19N3O4S. The SMILES string of the molecule is COc1ccc(-c2cc(NS(C)(=O)=O)c(=O)n(CC3CC3)n2)cc1. The molecule has 0 bridgehead atoms. The van der Waals surface area contributed by atoms with Crippen LogP contribution in [-0.4, -0.2) is 31.6 Å². The molecule has 1 aliphatic carbocycles. The van der Waals surface area contributed by atoms with E-state index in [0.29, 0.717) is 23.9 Å². The zero-order valence-electron chi connectivity index (χ0n) is 13.5. The quantitative estimate of drug-likeness (QED) is 0.857. The Balaban J connectivity index is 2.06. The Morgan fingerprint density at radius 1 is 1.29 bits per heavy atom. The number of hydrogen-bond acceptors (Lipinski definition) is 5. The smallest absolute Gasteiger partial charge is 0.291 e. The van der Waals surface area contributed by atoms with E-state index in [-0.39, 0.29) is 5.69 Å². The van der Waals surface area contributed by atoms with E-state index >= 15 is 0 Å². The van der Waals surface area contributed by atoms with Crippen molar-refractivity contribution >= 4 is 15.7 Å². The summed E-state index contributed by atoms with van der Waals surface area (Å²) in [6.07, 6.45) is 3.15. The van der Waals surface area contributed by atoms with E-state index < -0.39 is 15.6 Å². The van der Waals surface area contributed by atoms with Crippen molar-refractivity contribution in [3.63, 3.8) is 0 Å². The first kappa shape index (κ1) is 16.5. The van der Waals surface area contributed by atoms with Crippen molar-refractivity contribution in [3.05, 3.63) is 40.7 Å². The summed E-state index contributed by atoms with van der Waals surface area (Å²) in [5, 5.41) is 4.40. The lowest BCUT2D eigenvalue weighted by atomic mass is 10.1. The molecule has 1 heterocycles. The third-order valence-electron chi connectivity index (χ3n) is 3.78. The lowest BCUT2D eigenvalue weighted by Gasteiger charge is -2.11. The van der Waals surface area contributed by atoms with E-state index in [2.05, 4.69) is 9.82 Å². The van der Waals surface area contributed by atoms with Gasteiger partial charge in [-0.25, -0.2) is 13.1 Å². The molecule has 0 unspecified atom stereocenters. The summed E-state index contributed by atoms with van der Waals surface area (Å²) in [7, 11) is -1.97. The monoisotopic (exact) mass is 349 g/mol. The molecule has 1 aromatic heterocycles. The van der Waals surface area contributed by atoms with Crippen LogP contribution in [-0.2, 0) is 16.6 Å². The van der Waals surface area contributed by atoms with Crippen LogP contribution < -0.4 is 15.0 Å². The lowest BCUT2D eigenvalue weighted by Crippen LogP contribution is -2.28. The fourth-order valence-electron chi connectivity index (χ4n) is 2.39. The maximum atomic E-state index is 12.4. The van der Waals surface area contributed by atoms with Crippen molar-refractivity contribution in [2.75, 3.05) is 18.1 Å². The van der Waals surface area contributed by atoms with Gasteiger partial charge in [-0.1, -0.05) is 0 Å². The molecule has 0 spiro atoms. The van der Waals surface area contributed by atoms with Crippen LogP contribution in [0.25, 0.3) is 11.3 Å². The van der Waals surface area contributed by atoms with Gasteiger partial charge in [0, 0.05) is 12.1 Å². The largest absolute Gasteiger partial charge is 0.497 e. The average Bonchev–Trinajstić information content (AvgIpc) is 3.34. The minimum absolute atomic E-state index is 0.0129. The number of sulfonamides is 1. The standard InChI is InChI=1S/C16H19N3O4S/c1-23-13-7-5-12(6-8-13)14-9-15(18-24(2,21)22)16(20)19(17-14)10-11-3-4-11/h5-9,11,18H,3-4,10H2,1-2H3. The Morgan fingerprint density at radius 3 is 2.50 bits per heavy atom. The summed E-state index contributed by atoms with van der Waals surface area (Å²) in [4.78, 5) is 12.4. The fourth-order valence-corrected chi connectivity index (χ4v) is 2.93. The highest BCUT2D eigenvalue weighted by Crippen LogP contribution is 2.30. The number of aromatic nitrogens is 2. The molecule has 7 nitrogen and oxygen atoms in total. The second-order valence-electron chi connectivity index (χ2n) is 5.98. The van der Waals surface area contributed by atoms with Crippen LogP contribution in [0.3, 0.4) is 0 Å². The summed E-state index contributed by atoms with van der Waals surface area (Å²) in [6.45, 7) is 0.501. The number of ether oxygens (including phenoxy) is 1. The van der Waals surface area contributed by atoms with Gasteiger partial charge in [0.15, 0.2) is 0 Å². The molecule has 1 aliphatic rings. The van der Waals surface area contributed by atoms with Crippen molar-refractivity contribution in [2.24, 2.45) is 5.92 Å². The van der Waals surface area contributed by atoms with Crippen LogP contribution in [0.1, 0.15) is 12.8 Å². The maximum absolute atomic E-state index is 12.4. The molecule has 8 heteroatoms. The second-order valence-corrected chi connectivity index (χ2v) is 7.73. The van der Waals surface area contributed by atoms with E-state index in [1.54, 1.807) is 19.2 Å². The predicted octanol–water partition coefficient (Wildman–Crippen LogP) is 1.70. The molecule has 1 saturated carbocycles. The van der Waals surface area contributed by atoms with Crippen molar-refractivity contribution in [1.82, 2.24) is 9.78 Å². The van der Waals surface area contributed by atoms with Gasteiger partial charge in [-0.3, -0.25) is 9.52 Å². The van der Waals surface area contributed by atoms with Crippen molar-refractivity contribution in [3.8, 4) is 17.0 Å². The molecule has 0 radical (unpaired) electrons. The topological polar surface area (TPSA) is 90.3 Å². The van der Waals surface area contributed by atoms with E-state index in [4.69, 9.17) is 4.74 Å². The molecular weight excluding hydrogens is 330 g/mol. The van der Waals surface area contributed by atoms with Gasteiger partial charge >= 0.3 is 0 Å². The summed E-state index contributed by atoms with van der Waals surface area (Å²) in [5.41, 5.74) is 0.893. The Labute approximate surface area is 140 Å². The van der Waals surface area contributed by atoms with Gasteiger partial charge in [0.1, 0.15) is 11.4 Å². The van der Waals surface area contributed by atoms with Crippen molar-refractivity contribution in [1.29, 1.82) is 0 Å². The predicted molar refractivity (Wildman–Crippen MR) is 91.7 cm³/mol. The van der Waals surface area contributed by atoms with Crippen LogP contribution in [0, 0.1) is 5.92 Å². The van der Waals surface area contributed by atoms with Gasteiger partial charge in [-0.05, 0) is 49.1 Å². The summed E-state index contributed by atoms with van der Waals surface area (Å²) < 4.78 is 31.8. The van der Waals surface area contributed by atoms with E-state index in [1.807, 2.05) is 12.1 Å². The van der Waals surface area contributed by atoms with Gasteiger partial charge in [0.05, 0.1) is 19.1 Å². The molecule has 2 aromatic rings.